The van der Waals surface area contributed by atoms with Gasteiger partial charge in [0.05, 0.1) is 32.2 Å². The van der Waals surface area contributed by atoms with Gasteiger partial charge in [0.1, 0.15) is 5.75 Å². The molecular formula is C15H18O3S. The van der Waals surface area contributed by atoms with Crippen LogP contribution in [0.4, 0.5) is 0 Å². The lowest BCUT2D eigenvalue weighted by atomic mass is 10.1. The average Bonchev–Trinajstić information content (AvgIpc) is 2.37. The fourth-order valence-electron chi connectivity index (χ4n) is 1.71. The summed E-state index contributed by atoms with van der Waals surface area (Å²) in [6, 6.07) is 5.97. The van der Waals surface area contributed by atoms with Gasteiger partial charge in [-0.05, 0) is 18.2 Å². The maximum Gasteiger partial charge on any atom is 0.122 e. The molecule has 1 aliphatic rings. The summed E-state index contributed by atoms with van der Waals surface area (Å²) < 4.78 is 10.5. The van der Waals surface area contributed by atoms with Gasteiger partial charge >= 0.3 is 0 Å². The van der Waals surface area contributed by atoms with Crippen LogP contribution >= 0.6 is 11.8 Å². The van der Waals surface area contributed by atoms with E-state index < -0.39 is 0 Å². The zero-order chi connectivity index (χ0) is 13.5. The molecule has 4 heteroatoms. The predicted molar refractivity (Wildman–Crippen MR) is 77.5 cm³/mol. The van der Waals surface area contributed by atoms with E-state index in [1.165, 1.54) is 0 Å². The van der Waals surface area contributed by atoms with Crippen LogP contribution < -0.4 is 4.74 Å². The number of benzene rings is 1. The number of methoxy groups -OCH3 is 1. The van der Waals surface area contributed by atoms with Crippen molar-refractivity contribution in [1.82, 2.24) is 0 Å². The Morgan fingerprint density at radius 2 is 2.32 bits per heavy atom. The summed E-state index contributed by atoms with van der Waals surface area (Å²) in [5, 5.41) is 9.33. The Morgan fingerprint density at radius 3 is 2.95 bits per heavy atom. The second kappa shape index (κ2) is 7.44. The Labute approximate surface area is 118 Å². The van der Waals surface area contributed by atoms with E-state index in [4.69, 9.17) is 14.6 Å². The lowest BCUT2D eigenvalue weighted by molar-refractivity contribution is 0.0455. The number of hydrogen-bond acceptors (Lipinski definition) is 4. The van der Waals surface area contributed by atoms with Crippen LogP contribution in [0.1, 0.15) is 17.5 Å². The molecule has 1 N–H and O–H groups in total. The highest BCUT2D eigenvalue weighted by Gasteiger charge is 2.19. The van der Waals surface area contributed by atoms with Crippen molar-refractivity contribution in [3.63, 3.8) is 0 Å². The summed E-state index contributed by atoms with van der Waals surface area (Å²) in [4.78, 5) is 0. The highest BCUT2D eigenvalue weighted by atomic mass is 32.2. The van der Waals surface area contributed by atoms with Crippen LogP contribution in [0.2, 0.25) is 0 Å². The minimum atomic E-state index is 0.105. The minimum absolute atomic E-state index is 0.105. The van der Waals surface area contributed by atoms with Gasteiger partial charge in [0, 0.05) is 23.3 Å². The van der Waals surface area contributed by atoms with Gasteiger partial charge in [-0.1, -0.05) is 11.8 Å². The second-order valence-corrected chi connectivity index (χ2v) is 5.56. The standard InChI is InChI=1S/C15H18O3S/c1-17-15-6-5-12(4-2-3-7-16)8-13(15)11-19-14-9-18-10-14/h5-6,8,14,16H,3,7,9-11H2,1H3. The van der Waals surface area contributed by atoms with Crippen molar-refractivity contribution < 1.29 is 14.6 Å². The Bertz CT molecular complexity index is 472. The van der Waals surface area contributed by atoms with Crippen LogP contribution in [-0.2, 0) is 10.5 Å². The van der Waals surface area contributed by atoms with Crippen molar-refractivity contribution in [3.05, 3.63) is 29.3 Å². The molecule has 2 rings (SSSR count). The highest BCUT2D eigenvalue weighted by molar-refractivity contribution is 7.99. The fraction of sp³-hybridized carbons (Fsp3) is 0.467. The SMILES string of the molecule is COc1ccc(C#CCCO)cc1CSC1COC1. The van der Waals surface area contributed by atoms with Crippen molar-refractivity contribution in [1.29, 1.82) is 0 Å². The molecule has 0 radical (unpaired) electrons. The molecule has 102 valence electrons. The molecule has 0 aliphatic carbocycles. The number of rotatable bonds is 5. The molecule has 1 heterocycles. The van der Waals surface area contributed by atoms with Crippen LogP contribution in [0.5, 0.6) is 5.75 Å². The number of aliphatic hydroxyl groups is 1. The molecule has 19 heavy (non-hydrogen) atoms. The van der Waals surface area contributed by atoms with E-state index in [9.17, 15) is 0 Å². The number of aliphatic hydroxyl groups excluding tert-OH is 1. The van der Waals surface area contributed by atoms with Crippen LogP contribution in [0.3, 0.4) is 0 Å². The fourth-order valence-corrected chi connectivity index (χ4v) is 2.73. The van der Waals surface area contributed by atoms with E-state index in [2.05, 4.69) is 17.9 Å². The second-order valence-electron chi connectivity index (χ2n) is 4.27. The summed E-state index contributed by atoms with van der Waals surface area (Å²) in [6.45, 7) is 1.81. The van der Waals surface area contributed by atoms with Gasteiger partial charge in [-0.15, -0.1) is 11.8 Å². The largest absolute Gasteiger partial charge is 0.496 e. The number of ether oxygens (including phenoxy) is 2. The molecule has 1 fully saturated rings. The first-order valence-electron chi connectivity index (χ1n) is 6.29. The first-order valence-corrected chi connectivity index (χ1v) is 7.34. The zero-order valence-electron chi connectivity index (χ0n) is 11.0. The molecule has 0 aromatic heterocycles. The molecule has 0 spiro atoms. The third-order valence-corrected chi connectivity index (χ3v) is 4.05. The van der Waals surface area contributed by atoms with E-state index >= 15 is 0 Å². The molecule has 0 bridgehead atoms. The molecule has 1 aromatic carbocycles. The molecule has 1 aliphatic heterocycles. The van der Waals surface area contributed by atoms with Crippen LogP contribution in [0.25, 0.3) is 0 Å². The monoisotopic (exact) mass is 278 g/mol. The van der Waals surface area contributed by atoms with Crippen molar-refractivity contribution in [2.24, 2.45) is 0 Å². The van der Waals surface area contributed by atoms with E-state index in [0.29, 0.717) is 11.7 Å². The van der Waals surface area contributed by atoms with Crippen molar-refractivity contribution in [2.45, 2.75) is 17.4 Å². The summed E-state index contributed by atoms with van der Waals surface area (Å²) in [6.07, 6.45) is 0.509. The van der Waals surface area contributed by atoms with Crippen LogP contribution in [-0.4, -0.2) is 37.3 Å². The molecular weight excluding hydrogens is 260 g/mol. The maximum absolute atomic E-state index is 8.72. The quantitative estimate of drug-likeness (QED) is 0.837. The third-order valence-electron chi connectivity index (χ3n) is 2.83. The van der Waals surface area contributed by atoms with Gasteiger partial charge in [-0.3, -0.25) is 0 Å². The molecule has 1 aromatic rings. The molecule has 0 unspecified atom stereocenters. The van der Waals surface area contributed by atoms with Gasteiger partial charge in [-0.2, -0.15) is 0 Å². The Balaban J connectivity index is 2.04. The summed E-state index contributed by atoms with van der Waals surface area (Å²) in [5.74, 6) is 7.80. The predicted octanol–water partition coefficient (Wildman–Crippen LogP) is 2.06. The smallest absolute Gasteiger partial charge is 0.122 e. The molecule has 3 nitrogen and oxygen atoms in total. The lowest BCUT2D eigenvalue weighted by Gasteiger charge is -2.25. The van der Waals surface area contributed by atoms with Crippen LogP contribution in [0, 0.1) is 11.8 Å². The van der Waals surface area contributed by atoms with Gasteiger partial charge in [0.2, 0.25) is 0 Å². The first kappa shape index (κ1) is 14.3. The molecule has 0 atom stereocenters. The van der Waals surface area contributed by atoms with Crippen molar-refractivity contribution in [2.75, 3.05) is 26.9 Å². The maximum atomic E-state index is 8.72. The van der Waals surface area contributed by atoms with Crippen molar-refractivity contribution >= 4 is 11.8 Å². The highest BCUT2D eigenvalue weighted by Crippen LogP contribution is 2.28. The van der Waals surface area contributed by atoms with Gasteiger partial charge < -0.3 is 14.6 Å². The Morgan fingerprint density at radius 1 is 1.47 bits per heavy atom. The van der Waals surface area contributed by atoms with Crippen LogP contribution in [0.15, 0.2) is 18.2 Å². The topological polar surface area (TPSA) is 38.7 Å². The zero-order valence-corrected chi connectivity index (χ0v) is 11.8. The lowest BCUT2D eigenvalue weighted by Crippen LogP contribution is -2.30. The molecule has 0 amide bonds. The van der Waals surface area contributed by atoms with Gasteiger partial charge in [0.25, 0.3) is 0 Å². The number of thioether (sulfide) groups is 1. The summed E-state index contributed by atoms with van der Waals surface area (Å²) in [7, 11) is 1.69. The Hall–Kier alpha value is -1.15. The van der Waals surface area contributed by atoms with Gasteiger partial charge in [-0.25, -0.2) is 0 Å². The van der Waals surface area contributed by atoms with Crippen molar-refractivity contribution in [3.8, 4) is 17.6 Å². The molecule has 0 saturated carbocycles. The third kappa shape index (κ3) is 4.17. The molecule has 1 saturated heterocycles. The van der Waals surface area contributed by atoms with E-state index in [1.54, 1.807) is 7.11 Å². The average molecular weight is 278 g/mol. The first-order chi connectivity index (χ1) is 9.33. The van der Waals surface area contributed by atoms with Gasteiger partial charge in [0.15, 0.2) is 0 Å². The minimum Gasteiger partial charge on any atom is -0.496 e. The van der Waals surface area contributed by atoms with E-state index in [-0.39, 0.29) is 6.61 Å². The number of hydrogen-bond donors (Lipinski definition) is 1. The normalized spacial score (nSPS) is 14.4. The Kier molecular flexibility index (Phi) is 5.59. The summed E-state index contributed by atoms with van der Waals surface area (Å²) in [5.41, 5.74) is 2.13. The summed E-state index contributed by atoms with van der Waals surface area (Å²) >= 11 is 1.89. The van der Waals surface area contributed by atoms with E-state index in [1.807, 2.05) is 23.9 Å². The van der Waals surface area contributed by atoms with E-state index in [0.717, 1.165) is 35.8 Å².